The number of benzene rings is 3. The first kappa shape index (κ1) is 30.8. The molecule has 0 unspecified atom stereocenters. The van der Waals surface area contributed by atoms with Crippen LogP contribution in [0, 0.1) is 17.6 Å². The van der Waals surface area contributed by atoms with Crippen molar-refractivity contribution in [3.8, 4) is 0 Å². The van der Waals surface area contributed by atoms with Crippen molar-refractivity contribution in [2.24, 2.45) is 10.9 Å². The topological polar surface area (TPSA) is 73.2 Å². The van der Waals surface area contributed by atoms with E-state index in [0.29, 0.717) is 29.4 Å². The van der Waals surface area contributed by atoms with Crippen molar-refractivity contribution in [2.45, 2.75) is 38.0 Å². The summed E-state index contributed by atoms with van der Waals surface area (Å²) in [4.78, 5) is 32.0. The van der Waals surface area contributed by atoms with Crippen molar-refractivity contribution in [2.75, 3.05) is 19.6 Å². The van der Waals surface area contributed by atoms with Crippen molar-refractivity contribution in [1.29, 1.82) is 0 Å². The number of halogens is 5. The maximum atomic E-state index is 14.0. The van der Waals surface area contributed by atoms with E-state index < -0.39 is 17.7 Å². The summed E-state index contributed by atoms with van der Waals surface area (Å²) in [6, 6.07) is 22.2. The number of carbonyl (C=O) groups is 2. The number of aliphatic carboxylic acids is 1. The van der Waals surface area contributed by atoms with Crippen LogP contribution in [0.5, 0.6) is 0 Å². The number of hydrogen-bond acceptors (Lipinski definition) is 4. The van der Waals surface area contributed by atoms with Gasteiger partial charge in [0.25, 0.3) is 5.91 Å². The maximum Gasteiger partial charge on any atom is 0.490 e. The second kappa shape index (κ2) is 12.8. The van der Waals surface area contributed by atoms with Crippen LogP contribution in [0.4, 0.5) is 22.0 Å². The van der Waals surface area contributed by atoms with Crippen LogP contribution in [0.3, 0.4) is 0 Å². The van der Waals surface area contributed by atoms with Crippen LogP contribution in [0.15, 0.2) is 83.9 Å². The molecule has 0 bridgehead atoms. The monoisotopic (exact) mass is 587 g/mol. The summed E-state index contributed by atoms with van der Waals surface area (Å²) < 4.78 is 59.1. The Balaban J connectivity index is 0.000000517. The van der Waals surface area contributed by atoms with E-state index in [9.17, 15) is 26.7 Å². The Morgan fingerprint density at radius 3 is 1.83 bits per heavy atom. The summed E-state index contributed by atoms with van der Waals surface area (Å²) in [7, 11) is 0. The summed E-state index contributed by atoms with van der Waals surface area (Å²) in [5, 5.41) is 7.12. The number of piperidine rings is 1. The van der Waals surface area contributed by atoms with Gasteiger partial charge in [-0.3, -0.25) is 14.6 Å². The summed E-state index contributed by atoms with van der Waals surface area (Å²) >= 11 is 0. The standard InChI is InChI=1S/C29H29F2N3O.C2HF3O2/c1-21-32-29(24-7-11-26(30)12-8-24,25-9-13-27(31)14-10-25)28(35)34(21)20-23-15-17-33(18-16-23)19-22-5-3-2-4-6-22;3-2(4,5)1(6)7/h2-14,23H,15-20H2,1H3;(H,6,7). The molecule has 5 rings (SSSR count). The Morgan fingerprint density at radius 1 is 0.905 bits per heavy atom. The van der Waals surface area contributed by atoms with Crippen molar-refractivity contribution in [3.05, 3.63) is 107 Å². The van der Waals surface area contributed by atoms with Gasteiger partial charge in [0, 0.05) is 13.1 Å². The molecule has 1 saturated heterocycles. The zero-order valence-electron chi connectivity index (χ0n) is 22.8. The number of rotatable bonds is 6. The van der Waals surface area contributed by atoms with E-state index >= 15 is 0 Å². The second-order valence-corrected chi connectivity index (χ2v) is 10.3. The van der Waals surface area contributed by atoms with E-state index in [1.165, 1.54) is 29.8 Å². The zero-order valence-corrected chi connectivity index (χ0v) is 22.8. The molecule has 1 fully saturated rings. The third-order valence-electron chi connectivity index (χ3n) is 7.44. The van der Waals surface area contributed by atoms with Crippen molar-refractivity contribution in [1.82, 2.24) is 9.80 Å². The maximum absolute atomic E-state index is 14.0. The molecular formula is C31H30F5N3O3. The van der Waals surface area contributed by atoms with Gasteiger partial charge in [-0.25, -0.2) is 18.6 Å². The van der Waals surface area contributed by atoms with Crippen molar-refractivity contribution >= 4 is 17.7 Å². The van der Waals surface area contributed by atoms with E-state index in [1.54, 1.807) is 29.2 Å². The van der Waals surface area contributed by atoms with Crippen LogP contribution in [-0.4, -0.2) is 58.4 Å². The highest BCUT2D eigenvalue weighted by Gasteiger charge is 2.50. The van der Waals surface area contributed by atoms with E-state index in [4.69, 9.17) is 14.9 Å². The molecule has 2 aliphatic rings. The number of carboxylic acids is 1. The Kier molecular flexibility index (Phi) is 9.40. The number of carboxylic acid groups (broad SMARTS) is 1. The molecule has 0 spiro atoms. The van der Waals surface area contributed by atoms with Crippen LogP contribution in [0.2, 0.25) is 0 Å². The summed E-state index contributed by atoms with van der Waals surface area (Å²) in [6.07, 6.45) is -3.08. The van der Waals surface area contributed by atoms with Gasteiger partial charge < -0.3 is 5.11 Å². The lowest BCUT2D eigenvalue weighted by molar-refractivity contribution is -0.192. The lowest BCUT2D eigenvalue weighted by Crippen LogP contribution is -2.45. The predicted octanol–water partition coefficient (Wildman–Crippen LogP) is 6.01. The van der Waals surface area contributed by atoms with Crippen LogP contribution >= 0.6 is 0 Å². The largest absolute Gasteiger partial charge is 0.490 e. The number of alkyl halides is 3. The van der Waals surface area contributed by atoms with Crippen LogP contribution in [0.25, 0.3) is 0 Å². The van der Waals surface area contributed by atoms with E-state index in [0.717, 1.165) is 32.5 Å². The fourth-order valence-electron chi connectivity index (χ4n) is 5.26. The molecule has 2 heterocycles. The molecule has 222 valence electrons. The molecule has 1 amide bonds. The Bertz CT molecular complexity index is 1360. The van der Waals surface area contributed by atoms with Crippen LogP contribution in [-0.2, 0) is 21.7 Å². The summed E-state index contributed by atoms with van der Waals surface area (Å²) in [5.74, 6) is -2.68. The number of likely N-dealkylation sites (tertiary alicyclic amines) is 1. The number of aliphatic imine (C=N–C) groups is 1. The Labute approximate surface area is 240 Å². The van der Waals surface area contributed by atoms with Gasteiger partial charge in [-0.15, -0.1) is 0 Å². The van der Waals surface area contributed by atoms with E-state index in [-0.39, 0.29) is 17.5 Å². The van der Waals surface area contributed by atoms with Crippen LogP contribution in [0.1, 0.15) is 36.5 Å². The molecule has 11 heteroatoms. The molecule has 42 heavy (non-hydrogen) atoms. The molecule has 0 atom stereocenters. The molecule has 3 aromatic carbocycles. The van der Waals surface area contributed by atoms with Gasteiger partial charge in [0.15, 0.2) is 5.54 Å². The molecule has 0 aromatic heterocycles. The van der Waals surface area contributed by atoms with Gasteiger partial charge in [-0.05, 0) is 79.7 Å². The average Bonchev–Trinajstić information content (AvgIpc) is 3.21. The number of amidine groups is 1. The smallest absolute Gasteiger partial charge is 0.475 e. The van der Waals surface area contributed by atoms with Gasteiger partial charge in [0.1, 0.15) is 17.5 Å². The lowest BCUT2D eigenvalue weighted by atomic mass is 9.82. The van der Waals surface area contributed by atoms with Gasteiger partial charge in [0.05, 0.1) is 0 Å². The van der Waals surface area contributed by atoms with Gasteiger partial charge >= 0.3 is 12.1 Å². The second-order valence-electron chi connectivity index (χ2n) is 10.3. The first-order chi connectivity index (χ1) is 19.9. The number of carbonyl (C=O) groups excluding carboxylic acids is 1. The van der Waals surface area contributed by atoms with Gasteiger partial charge in [-0.1, -0.05) is 54.6 Å². The highest BCUT2D eigenvalue weighted by molar-refractivity contribution is 6.09. The molecule has 0 saturated carbocycles. The van der Waals surface area contributed by atoms with Crippen molar-refractivity contribution in [3.63, 3.8) is 0 Å². The van der Waals surface area contributed by atoms with E-state index in [1.807, 2.05) is 13.0 Å². The minimum absolute atomic E-state index is 0.167. The highest BCUT2D eigenvalue weighted by Crippen LogP contribution is 2.41. The molecule has 6 nitrogen and oxygen atoms in total. The molecule has 2 aliphatic heterocycles. The first-order valence-corrected chi connectivity index (χ1v) is 13.4. The average molecular weight is 588 g/mol. The summed E-state index contributed by atoms with van der Waals surface area (Å²) in [5.41, 5.74) is 1.14. The number of nitrogens with zero attached hydrogens (tertiary/aromatic N) is 3. The van der Waals surface area contributed by atoms with Gasteiger partial charge in [0.2, 0.25) is 0 Å². The normalized spacial score (nSPS) is 17.4. The minimum atomic E-state index is -5.08. The quantitative estimate of drug-likeness (QED) is 0.359. The Hall–Kier alpha value is -4.12. The molecule has 0 aliphatic carbocycles. The first-order valence-electron chi connectivity index (χ1n) is 13.4. The minimum Gasteiger partial charge on any atom is -0.475 e. The fraction of sp³-hybridized carbons (Fsp3) is 0.323. The van der Waals surface area contributed by atoms with Crippen LogP contribution < -0.4 is 0 Å². The SMILES string of the molecule is CC1=NC(c2ccc(F)cc2)(c2ccc(F)cc2)C(=O)N1CC1CCN(Cc2ccccc2)CC1.O=C(O)C(F)(F)F. The third kappa shape index (κ3) is 7.02. The third-order valence-corrected chi connectivity index (χ3v) is 7.44. The Morgan fingerprint density at radius 2 is 1.38 bits per heavy atom. The lowest BCUT2D eigenvalue weighted by Gasteiger charge is -2.34. The number of hydrogen-bond donors (Lipinski definition) is 1. The fourth-order valence-corrected chi connectivity index (χ4v) is 5.26. The number of amides is 1. The highest BCUT2D eigenvalue weighted by atomic mass is 19.4. The summed E-state index contributed by atoms with van der Waals surface area (Å²) in [6.45, 7) is 5.35. The molecule has 3 aromatic rings. The molecule has 0 radical (unpaired) electrons. The van der Waals surface area contributed by atoms with E-state index in [2.05, 4.69) is 29.2 Å². The van der Waals surface area contributed by atoms with Crippen molar-refractivity contribution < 1.29 is 36.6 Å². The zero-order chi connectivity index (χ0) is 30.5. The van der Waals surface area contributed by atoms with Gasteiger partial charge in [-0.2, -0.15) is 13.2 Å². The molecular weight excluding hydrogens is 557 g/mol. The molecule has 1 N–H and O–H groups in total. The predicted molar refractivity (Wildman–Crippen MR) is 147 cm³/mol.